The molecule has 1 fully saturated rings. The number of carbonyl (C=O) groups excluding carboxylic acids is 1. The Morgan fingerprint density at radius 3 is 3.00 bits per heavy atom. The van der Waals surface area contributed by atoms with E-state index in [-0.39, 0.29) is 5.91 Å². The zero-order chi connectivity index (χ0) is 14.5. The van der Waals surface area contributed by atoms with Crippen LogP contribution in [0.3, 0.4) is 0 Å². The molecule has 1 amide bonds. The number of amides is 1. The third kappa shape index (κ3) is 3.61. The standard InChI is InChI=1S/C16H23N3O2/c20-16(18-8-11-19-9-6-17-7-10-19)15-14-4-2-1-3-13(14)5-12-21-15/h1-4,15,17H,5-12H2,(H,18,20). The minimum atomic E-state index is -0.446. The molecule has 3 rings (SSSR count). The van der Waals surface area contributed by atoms with Crippen LogP contribution >= 0.6 is 0 Å². The smallest absolute Gasteiger partial charge is 0.253 e. The van der Waals surface area contributed by atoms with E-state index in [4.69, 9.17) is 4.74 Å². The van der Waals surface area contributed by atoms with Crippen LogP contribution in [-0.4, -0.2) is 56.7 Å². The summed E-state index contributed by atoms with van der Waals surface area (Å²) >= 11 is 0. The molecule has 0 aliphatic carbocycles. The van der Waals surface area contributed by atoms with Crippen LogP contribution in [0.25, 0.3) is 0 Å². The van der Waals surface area contributed by atoms with Crippen molar-refractivity contribution in [2.24, 2.45) is 0 Å². The van der Waals surface area contributed by atoms with E-state index in [1.54, 1.807) is 0 Å². The quantitative estimate of drug-likeness (QED) is 0.838. The van der Waals surface area contributed by atoms with Crippen LogP contribution in [0.5, 0.6) is 0 Å². The molecule has 1 unspecified atom stereocenters. The van der Waals surface area contributed by atoms with Crippen LogP contribution in [-0.2, 0) is 16.0 Å². The molecule has 1 aromatic carbocycles. The van der Waals surface area contributed by atoms with E-state index in [9.17, 15) is 4.79 Å². The van der Waals surface area contributed by atoms with Crippen molar-refractivity contribution in [1.82, 2.24) is 15.5 Å². The second-order valence-electron chi connectivity index (χ2n) is 5.58. The molecule has 0 bridgehead atoms. The van der Waals surface area contributed by atoms with E-state index in [1.165, 1.54) is 5.56 Å². The van der Waals surface area contributed by atoms with Crippen LogP contribution in [0.2, 0.25) is 0 Å². The van der Waals surface area contributed by atoms with Gasteiger partial charge in [-0.1, -0.05) is 24.3 Å². The first-order valence-electron chi connectivity index (χ1n) is 7.75. The van der Waals surface area contributed by atoms with Gasteiger partial charge in [0, 0.05) is 39.3 Å². The molecule has 1 saturated heterocycles. The van der Waals surface area contributed by atoms with Crippen LogP contribution in [0, 0.1) is 0 Å². The minimum Gasteiger partial charge on any atom is -0.363 e. The van der Waals surface area contributed by atoms with Crippen LogP contribution in [0.1, 0.15) is 17.2 Å². The Hall–Kier alpha value is -1.43. The zero-order valence-electron chi connectivity index (χ0n) is 12.3. The largest absolute Gasteiger partial charge is 0.363 e. The fourth-order valence-electron chi connectivity index (χ4n) is 2.98. The number of hydrogen-bond acceptors (Lipinski definition) is 4. The number of benzene rings is 1. The van der Waals surface area contributed by atoms with Gasteiger partial charge < -0.3 is 15.4 Å². The third-order valence-electron chi connectivity index (χ3n) is 4.17. The first kappa shape index (κ1) is 14.5. The molecule has 0 aromatic heterocycles. The summed E-state index contributed by atoms with van der Waals surface area (Å²) in [5, 5.41) is 6.34. The molecule has 0 saturated carbocycles. The van der Waals surface area contributed by atoms with Crippen molar-refractivity contribution >= 4 is 5.91 Å². The third-order valence-corrected chi connectivity index (χ3v) is 4.17. The lowest BCUT2D eigenvalue weighted by Crippen LogP contribution is -2.46. The molecule has 5 nitrogen and oxygen atoms in total. The number of ether oxygens (including phenoxy) is 1. The van der Waals surface area contributed by atoms with Gasteiger partial charge in [-0.25, -0.2) is 0 Å². The lowest BCUT2D eigenvalue weighted by Gasteiger charge is -2.28. The first-order chi connectivity index (χ1) is 10.3. The first-order valence-corrected chi connectivity index (χ1v) is 7.75. The van der Waals surface area contributed by atoms with Crippen molar-refractivity contribution in [3.8, 4) is 0 Å². The predicted octanol–water partition coefficient (Wildman–Crippen LogP) is 0.322. The van der Waals surface area contributed by atoms with Crippen molar-refractivity contribution in [3.05, 3.63) is 35.4 Å². The SMILES string of the molecule is O=C(NCCN1CCNCC1)C1OCCc2ccccc21. The van der Waals surface area contributed by atoms with Gasteiger partial charge in [0.25, 0.3) is 5.91 Å². The highest BCUT2D eigenvalue weighted by molar-refractivity contribution is 5.82. The fourth-order valence-corrected chi connectivity index (χ4v) is 2.98. The highest BCUT2D eigenvalue weighted by Crippen LogP contribution is 2.26. The highest BCUT2D eigenvalue weighted by Gasteiger charge is 2.26. The summed E-state index contributed by atoms with van der Waals surface area (Å²) in [6.07, 6.45) is 0.443. The molecule has 1 aromatic rings. The predicted molar refractivity (Wildman–Crippen MR) is 81.2 cm³/mol. The molecule has 1 atom stereocenters. The Morgan fingerprint density at radius 1 is 1.33 bits per heavy atom. The van der Waals surface area contributed by atoms with Crippen LogP contribution in [0.4, 0.5) is 0 Å². The summed E-state index contributed by atoms with van der Waals surface area (Å²) < 4.78 is 5.67. The van der Waals surface area contributed by atoms with E-state index in [1.807, 2.05) is 18.2 Å². The van der Waals surface area contributed by atoms with E-state index >= 15 is 0 Å². The molecule has 5 heteroatoms. The normalized spacial score (nSPS) is 22.6. The zero-order valence-corrected chi connectivity index (χ0v) is 12.3. The Balaban J connectivity index is 1.51. The lowest BCUT2D eigenvalue weighted by atomic mass is 9.97. The maximum absolute atomic E-state index is 12.3. The van der Waals surface area contributed by atoms with Gasteiger partial charge in [0.05, 0.1) is 6.61 Å². The summed E-state index contributed by atoms with van der Waals surface area (Å²) in [5.41, 5.74) is 2.24. The molecule has 114 valence electrons. The molecule has 2 aliphatic rings. The number of nitrogens with zero attached hydrogens (tertiary/aromatic N) is 1. The van der Waals surface area contributed by atoms with Crippen molar-refractivity contribution in [3.63, 3.8) is 0 Å². The van der Waals surface area contributed by atoms with Gasteiger partial charge >= 0.3 is 0 Å². The van der Waals surface area contributed by atoms with Gasteiger partial charge in [-0.3, -0.25) is 9.69 Å². The number of piperazine rings is 1. The monoisotopic (exact) mass is 289 g/mol. The Morgan fingerprint density at radius 2 is 2.14 bits per heavy atom. The van der Waals surface area contributed by atoms with E-state index < -0.39 is 6.10 Å². The molecular weight excluding hydrogens is 266 g/mol. The molecule has 0 radical (unpaired) electrons. The molecule has 2 N–H and O–H groups in total. The average Bonchev–Trinajstić information content (AvgIpc) is 2.55. The summed E-state index contributed by atoms with van der Waals surface area (Å²) in [7, 11) is 0. The molecule has 0 spiro atoms. The number of hydrogen-bond donors (Lipinski definition) is 2. The maximum Gasteiger partial charge on any atom is 0.253 e. The minimum absolute atomic E-state index is 0.0164. The van der Waals surface area contributed by atoms with Crippen molar-refractivity contribution in [2.75, 3.05) is 45.9 Å². The Kier molecular flexibility index (Phi) is 4.85. The van der Waals surface area contributed by atoms with Crippen LogP contribution < -0.4 is 10.6 Å². The summed E-state index contributed by atoms with van der Waals surface area (Å²) in [5.74, 6) is -0.0164. The highest BCUT2D eigenvalue weighted by atomic mass is 16.5. The van der Waals surface area contributed by atoms with Gasteiger partial charge in [-0.15, -0.1) is 0 Å². The number of fused-ring (bicyclic) bond motifs is 1. The molecule has 21 heavy (non-hydrogen) atoms. The van der Waals surface area contributed by atoms with Gasteiger partial charge in [0.2, 0.25) is 0 Å². The van der Waals surface area contributed by atoms with E-state index in [2.05, 4.69) is 21.6 Å². The van der Waals surface area contributed by atoms with Gasteiger partial charge in [-0.05, 0) is 17.5 Å². The average molecular weight is 289 g/mol. The van der Waals surface area contributed by atoms with Crippen molar-refractivity contribution in [1.29, 1.82) is 0 Å². The Bertz CT molecular complexity index is 486. The second kappa shape index (κ2) is 7.02. The number of carbonyl (C=O) groups is 1. The lowest BCUT2D eigenvalue weighted by molar-refractivity contribution is -0.134. The number of rotatable bonds is 4. The second-order valence-corrected chi connectivity index (χ2v) is 5.58. The van der Waals surface area contributed by atoms with Gasteiger partial charge in [-0.2, -0.15) is 0 Å². The fraction of sp³-hybridized carbons (Fsp3) is 0.562. The molecule has 2 heterocycles. The summed E-state index contributed by atoms with van der Waals surface area (Å²) in [6, 6.07) is 8.06. The van der Waals surface area contributed by atoms with Crippen molar-refractivity contribution < 1.29 is 9.53 Å². The molecule has 2 aliphatic heterocycles. The number of nitrogens with one attached hydrogen (secondary N) is 2. The Labute approximate surface area is 125 Å². The van der Waals surface area contributed by atoms with Crippen molar-refractivity contribution in [2.45, 2.75) is 12.5 Å². The summed E-state index contributed by atoms with van der Waals surface area (Å²) in [4.78, 5) is 14.7. The van der Waals surface area contributed by atoms with E-state index in [0.29, 0.717) is 13.2 Å². The van der Waals surface area contributed by atoms with Gasteiger partial charge in [0.1, 0.15) is 0 Å². The molecular formula is C16H23N3O2. The van der Waals surface area contributed by atoms with E-state index in [0.717, 1.165) is 44.7 Å². The maximum atomic E-state index is 12.3. The van der Waals surface area contributed by atoms with Crippen LogP contribution in [0.15, 0.2) is 24.3 Å². The topological polar surface area (TPSA) is 53.6 Å². The van der Waals surface area contributed by atoms with Gasteiger partial charge in [0.15, 0.2) is 6.10 Å². The summed E-state index contributed by atoms with van der Waals surface area (Å²) in [6.45, 7) is 6.38.